The van der Waals surface area contributed by atoms with E-state index in [0.717, 1.165) is 38.5 Å². The SMILES string of the molecule is Cc1ccncc1-c1cc2cc(NC(=O)C3CC3)nnc2c(N)c1I. The lowest BCUT2D eigenvalue weighted by atomic mass is 10.0. The standard InChI is InChI=1S/C18H16IN5O/c1-9-4-5-21-8-13(9)12-6-11-7-14(22-18(25)10-2-3-10)23-24-17(11)16(20)15(12)19/h4-8,10H,2-3,20H2,1H3,(H,22,23,25). The Labute approximate surface area is 158 Å². The molecule has 126 valence electrons. The van der Waals surface area contributed by atoms with E-state index in [1.54, 1.807) is 6.20 Å². The number of rotatable bonds is 3. The third-order valence-electron chi connectivity index (χ3n) is 4.38. The predicted octanol–water partition coefficient (Wildman–Crippen LogP) is 3.54. The summed E-state index contributed by atoms with van der Waals surface area (Å²) in [7, 11) is 0. The maximum absolute atomic E-state index is 12.0. The van der Waals surface area contributed by atoms with Gasteiger partial charge in [-0.15, -0.1) is 10.2 Å². The molecule has 7 heteroatoms. The fourth-order valence-corrected chi connectivity index (χ4v) is 3.47. The molecule has 1 aliphatic carbocycles. The molecule has 0 aliphatic heterocycles. The molecule has 0 unspecified atom stereocenters. The molecule has 2 heterocycles. The highest BCUT2D eigenvalue weighted by atomic mass is 127. The number of pyridine rings is 1. The summed E-state index contributed by atoms with van der Waals surface area (Å²) in [6.45, 7) is 2.04. The van der Waals surface area contributed by atoms with Crippen molar-refractivity contribution >= 4 is 50.9 Å². The highest BCUT2D eigenvalue weighted by Gasteiger charge is 2.30. The second kappa shape index (κ2) is 6.21. The van der Waals surface area contributed by atoms with E-state index in [1.807, 2.05) is 31.3 Å². The first-order chi connectivity index (χ1) is 12.0. The molecule has 1 saturated carbocycles. The first-order valence-electron chi connectivity index (χ1n) is 8.02. The second-order valence-electron chi connectivity index (χ2n) is 6.27. The van der Waals surface area contributed by atoms with E-state index in [4.69, 9.17) is 5.73 Å². The van der Waals surface area contributed by atoms with Crippen LogP contribution in [0, 0.1) is 16.4 Å². The van der Waals surface area contributed by atoms with Gasteiger partial charge in [-0.3, -0.25) is 9.78 Å². The van der Waals surface area contributed by atoms with Crippen LogP contribution in [-0.4, -0.2) is 21.1 Å². The average molecular weight is 445 g/mol. The van der Waals surface area contributed by atoms with Crippen LogP contribution < -0.4 is 11.1 Å². The minimum atomic E-state index is 0.00969. The number of benzene rings is 1. The maximum atomic E-state index is 12.0. The summed E-state index contributed by atoms with van der Waals surface area (Å²) in [6, 6.07) is 5.82. The van der Waals surface area contributed by atoms with Gasteiger partial charge in [0, 0.05) is 32.8 Å². The van der Waals surface area contributed by atoms with Crippen LogP contribution in [0.5, 0.6) is 0 Å². The zero-order chi connectivity index (χ0) is 17.6. The Morgan fingerprint density at radius 2 is 2.08 bits per heavy atom. The predicted molar refractivity (Wildman–Crippen MR) is 106 cm³/mol. The van der Waals surface area contributed by atoms with Crippen LogP contribution in [0.1, 0.15) is 18.4 Å². The maximum Gasteiger partial charge on any atom is 0.228 e. The van der Waals surface area contributed by atoms with Crippen molar-refractivity contribution in [1.29, 1.82) is 0 Å². The molecule has 25 heavy (non-hydrogen) atoms. The molecule has 1 amide bonds. The van der Waals surface area contributed by atoms with Crippen LogP contribution in [0.15, 0.2) is 30.6 Å². The van der Waals surface area contributed by atoms with E-state index >= 15 is 0 Å². The molecule has 0 atom stereocenters. The van der Waals surface area contributed by atoms with Crippen LogP contribution in [0.4, 0.5) is 11.5 Å². The van der Waals surface area contributed by atoms with Crippen molar-refractivity contribution in [1.82, 2.24) is 15.2 Å². The number of amides is 1. The Kier molecular flexibility index (Phi) is 4.03. The van der Waals surface area contributed by atoms with E-state index in [0.29, 0.717) is 17.0 Å². The number of aryl methyl sites for hydroxylation is 1. The Hall–Kier alpha value is -2.29. The molecule has 3 aromatic rings. The smallest absolute Gasteiger partial charge is 0.228 e. The number of carbonyl (C=O) groups is 1. The van der Waals surface area contributed by atoms with Gasteiger partial charge in [-0.05, 0) is 71.7 Å². The molecule has 2 aromatic heterocycles. The summed E-state index contributed by atoms with van der Waals surface area (Å²) in [5, 5.41) is 12.0. The van der Waals surface area contributed by atoms with Crippen LogP contribution in [0.2, 0.25) is 0 Å². The van der Waals surface area contributed by atoms with Gasteiger partial charge >= 0.3 is 0 Å². The highest BCUT2D eigenvalue weighted by molar-refractivity contribution is 14.1. The van der Waals surface area contributed by atoms with Gasteiger partial charge in [0.25, 0.3) is 0 Å². The van der Waals surface area contributed by atoms with E-state index in [-0.39, 0.29) is 11.8 Å². The first-order valence-corrected chi connectivity index (χ1v) is 9.09. The monoisotopic (exact) mass is 445 g/mol. The Bertz CT molecular complexity index is 1000. The van der Waals surface area contributed by atoms with Crippen molar-refractivity contribution in [3.8, 4) is 11.1 Å². The lowest BCUT2D eigenvalue weighted by Crippen LogP contribution is -2.14. The van der Waals surface area contributed by atoms with E-state index in [1.165, 1.54) is 0 Å². The summed E-state index contributed by atoms with van der Waals surface area (Å²) < 4.78 is 0.922. The van der Waals surface area contributed by atoms with Gasteiger partial charge in [0.1, 0.15) is 5.52 Å². The Morgan fingerprint density at radius 3 is 2.80 bits per heavy atom. The molecule has 1 aromatic carbocycles. The van der Waals surface area contributed by atoms with Gasteiger partial charge in [0.2, 0.25) is 5.91 Å². The van der Waals surface area contributed by atoms with Crippen LogP contribution in [-0.2, 0) is 4.79 Å². The quantitative estimate of drug-likeness (QED) is 0.475. The minimum Gasteiger partial charge on any atom is -0.396 e. The molecular formula is C18H16IN5O. The minimum absolute atomic E-state index is 0.00969. The normalized spacial score (nSPS) is 13.8. The number of hydrogen-bond donors (Lipinski definition) is 2. The number of fused-ring (bicyclic) bond motifs is 1. The van der Waals surface area contributed by atoms with Crippen LogP contribution in [0.25, 0.3) is 22.0 Å². The average Bonchev–Trinajstić information content (AvgIpc) is 3.44. The third-order valence-corrected chi connectivity index (χ3v) is 5.54. The van der Waals surface area contributed by atoms with Crippen LogP contribution in [0.3, 0.4) is 0 Å². The van der Waals surface area contributed by atoms with Crippen LogP contribution >= 0.6 is 22.6 Å². The molecule has 0 saturated heterocycles. The molecule has 0 bridgehead atoms. The number of nitrogens with two attached hydrogens (primary N) is 1. The number of hydrogen-bond acceptors (Lipinski definition) is 5. The zero-order valence-corrected chi connectivity index (χ0v) is 15.7. The molecule has 0 spiro atoms. The Morgan fingerprint density at radius 1 is 1.28 bits per heavy atom. The summed E-state index contributed by atoms with van der Waals surface area (Å²) >= 11 is 2.23. The summed E-state index contributed by atoms with van der Waals surface area (Å²) in [4.78, 5) is 16.2. The highest BCUT2D eigenvalue weighted by Crippen LogP contribution is 2.36. The molecule has 6 nitrogen and oxygen atoms in total. The van der Waals surface area contributed by atoms with Crippen molar-refractivity contribution in [2.45, 2.75) is 19.8 Å². The molecule has 4 rings (SSSR count). The van der Waals surface area contributed by atoms with Gasteiger partial charge in [-0.2, -0.15) is 0 Å². The topological polar surface area (TPSA) is 93.8 Å². The summed E-state index contributed by atoms with van der Waals surface area (Å²) in [5.41, 5.74) is 10.7. The number of nitrogens with zero attached hydrogens (tertiary/aromatic N) is 3. The molecule has 3 N–H and O–H groups in total. The number of anilines is 2. The van der Waals surface area contributed by atoms with Crippen molar-refractivity contribution in [2.24, 2.45) is 5.92 Å². The lowest BCUT2D eigenvalue weighted by Gasteiger charge is -2.13. The summed E-state index contributed by atoms with van der Waals surface area (Å²) in [6.07, 6.45) is 5.50. The fourth-order valence-electron chi connectivity index (χ4n) is 2.77. The zero-order valence-electron chi connectivity index (χ0n) is 13.6. The van der Waals surface area contributed by atoms with Gasteiger partial charge in [-0.1, -0.05) is 0 Å². The first kappa shape index (κ1) is 16.2. The van der Waals surface area contributed by atoms with Gasteiger partial charge in [-0.25, -0.2) is 0 Å². The largest absolute Gasteiger partial charge is 0.396 e. The third kappa shape index (κ3) is 3.04. The number of halogens is 1. The molecule has 1 fully saturated rings. The van der Waals surface area contributed by atoms with Gasteiger partial charge in [0.05, 0.1) is 5.69 Å². The second-order valence-corrected chi connectivity index (χ2v) is 7.35. The van der Waals surface area contributed by atoms with E-state index < -0.39 is 0 Å². The van der Waals surface area contributed by atoms with Crippen molar-refractivity contribution in [3.63, 3.8) is 0 Å². The van der Waals surface area contributed by atoms with E-state index in [9.17, 15) is 4.79 Å². The lowest BCUT2D eigenvalue weighted by molar-refractivity contribution is -0.117. The molecular weight excluding hydrogens is 429 g/mol. The number of carbonyl (C=O) groups excluding carboxylic acids is 1. The molecule has 0 radical (unpaired) electrons. The van der Waals surface area contributed by atoms with Crippen molar-refractivity contribution in [3.05, 3.63) is 39.7 Å². The molecule has 1 aliphatic rings. The van der Waals surface area contributed by atoms with E-state index in [2.05, 4.69) is 43.1 Å². The number of nitrogens with one attached hydrogen (secondary N) is 1. The van der Waals surface area contributed by atoms with Crippen molar-refractivity contribution < 1.29 is 4.79 Å². The Balaban J connectivity index is 1.83. The number of nitrogen functional groups attached to an aromatic ring is 1. The summed E-state index contributed by atoms with van der Waals surface area (Å²) in [5.74, 6) is 0.585. The van der Waals surface area contributed by atoms with Gasteiger partial charge in [0.15, 0.2) is 5.82 Å². The fraction of sp³-hybridized carbons (Fsp3) is 0.222. The van der Waals surface area contributed by atoms with Gasteiger partial charge < -0.3 is 11.1 Å². The number of aromatic nitrogens is 3. The van der Waals surface area contributed by atoms with Crippen molar-refractivity contribution in [2.75, 3.05) is 11.1 Å².